The van der Waals surface area contributed by atoms with Crippen molar-refractivity contribution in [1.29, 1.82) is 0 Å². The van der Waals surface area contributed by atoms with Crippen molar-refractivity contribution in [2.45, 2.75) is 24.1 Å². The highest BCUT2D eigenvalue weighted by Gasteiger charge is 2.41. The van der Waals surface area contributed by atoms with Gasteiger partial charge >= 0.3 is 0 Å². The van der Waals surface area contributed by atoms with Crippen LogP contribution in [-0.2, 0) is 20.5 Å². The average molecular weight is 447 g/mol. The summed E-state index contributed by atoms with van der Waals surface area (Å²) in [6.07, 6.45) is 4.77. The Hall–Kier alpha value is -2.34. The number of methoxy groups -OCH3 is 1. The Labute approximate surface area is 182 Å². The third-order valence-corrected chi connectivity index (χ3v) is 8.00. The number of ether oxygens (including phenoxy) is 1. The van der Waals surface area contributed by atoms with Gasteiger partial charge in [0, 0.05) is 58.0 Å². The molecule has 9 heteroatoms. The van der Waals surface area contributed by atoms with E-state index in [-0.39, 0.29) is 5.75 Å². The number of sulfonamides is 1. The number of fused-ring (bicyclic) bond motifs is 1. The van der Waals surface area contributed by atoms with Gasteiger partial charge in [-0.3, -0.25) is 9.29 Å². The van der Waals surface area contributed by atoms with Crippen LogP contribution in [0.3, 0.4) is 0 Å². The number of aromatic nitrogens is 1. The lowest BCUT2D eigenvalue weighted by molar-refractivity contribution is 0.136. The van der Waals surface area contributed by atoms with E-state index in [1.54, 1.807) is 26.6 Å². The minimum absolute atomic E-state index is 0.00967. The van der Waals surface area contributed by atoms with Crippen molar-refractivity contribution < 1.29 is 13.2 Å². The molecule has 0 saturated carbocycles. The number of rotatable bonds is 4. The first-order valence-corrected chi connectivity index (χ1v) is 11.6. The summed E-state index contributed by atoms with van der Waals surface area (Å²) in [6, 6.07) is 5.65. The molecule has 1 fully saturated rings. The van der Waals surface area contributed by atoms with Gasteiger partial charge in [-0.1, -0.05) is 17.7 Å². The van der Waals surface area contributed by atoms with E-state index in [0.29, 0.717) is 43.2 Å². The van der Waals surface area contributed by atoms with Crippen LogP contribution >= 0.6 is 11.6 Å². The molecule has 1 saturated heterocycles. The molecule has 158 valence electrons. The molecule has 2 aliphatic rings. The molecule has 0 amide bonds. The molecule has 4 rings (SSSR count). The number of pyridine rings is 1. The molecule has 2 aromatic rings. The third kappa shape index (κ3) is 3.51. The molecular formula is C21H23ClN4O3S. The van der Waals surface area contributed by atoms with E-state index in [9.17, 15) is 8.42 Å². The lowest BCUT2D eigenvalue weighted by Gasteiger charge is -2.36. The zero-order valence-electron chi connectivity index (χ0n) is 16.9. The minimum atomic E-state index is -3.30. The standard InChI is InChI=1S/C21H23ClN4O3S/c1-23-21(14-29-3)6-8-26(9-7-21)20-17(11-24-12-18(20)22)15-4-5-19-16(10-15)13-30(27,28)25(19)2/h4-5,10-12H,6-9,13-14H2,2-3H3. The SMILES string of the molecule is [C-]#[N+]C1(COC)CCN(c2c(Cl)cncc2-c2ccc3c(c2)CS(=O)(=O)N3C)CC1. The van der Waals surface area contributed by atoms with Crippen LogP contribution in [0.25, 0.3) is 16.0 Å². The maximum absolute atomic E-state index is 12.2. The zero-order chi connectivity index (χ0) is 21.5. The largest absolute Gasteiger partial charge is 0.376 e. The van der Waals surface area contributed by atoms with E-state index >= 15 is 0 Å². The second kappa shape index (κ2) is 7.73. The molecule has 0 N–H and O–H groups in total. The highest BCUT2D eigenvalue weighted by molar-refractivity contribution is 7.92. The average Bonchev–Trinajstić information content (AvgIpc) is 2.96. The summed E-state index contributed by atoms with van der Waals surface area (Å²) in [5.41, 5.74) is 3.60. The molecule has 0 unspecified atom stereocenters. The summed E-state index contributed by atoms with van der Waals surface area (Å²) in [7, 11) is -0.100. The second-order valence-corrected chi connectivity index (χ2v) is 10.2. The van der Waals surface area contributed by atoms with Crippen molar-refractivity contribution in [2.75, 3.05) is 43.1 Å². The van der Waals surface area contributed by atoms with Crippen molar-refractivity contribution in [2.24, 2.45) is 0 Å². The summed E-state index contributed by atoms with van der Waals surface area (Å²) in [5, 5.41) is 0.541. The first-order valence-electron chi connectivity index (χ1n) is 9.66. The van der Waals surface area contributed by atoms with Crippen molar-refractivity contribution in [1.82, 2.24) is 4.98 Å². The van der Waals surface area contributed by atoms with Gasteiger partial charge in [-0.05, 0) is 23.3 Å². The molecule has 1 aromatic heterocycles. The van der Waals surface area contributed by atoms with Gasteiger partial charge in [0.2, 0.25) is 10.0 Å². The maximum Gasteiger partial charge on any atom is 0.258 e. The van der Waals surface area contributed by atoms with Gasteiger partial charge in [0.25, 0.3) is 5.54 Å². The number of nitrogens with zero attached hydrogens (tertiary/aromatic N) is 4. The molecule has 0 spiro atoms. The molecule has 0 radical (unpaired) electrons. The minimum Gasteiger partial charge on any atom is -0.376 e. The molecule has 0 bridgehead atoms. The van der Waals surface area contributed by atoms with Gasteiger partial charge in [-0.15, -0.1) is 0 Å². The molecule has 1 aromatic carbocycles. The highest BCUT2D eigenvalue weighted by Crippen LogP contribution is 2.42. The number of anilines is 2. The predicted octanol–water partition coefficient (Wildman–Crippen LogP) is 3.59. The second-order valence-electron chi connectivity index (χ2n) is 7.84. The van der Waals surface area contributed by atoms with Crippen LogP contribution in [0.4, 0.5) is 11.4 Å². The Balaban J connectivity index is 1.69. The summed E-state index contributed by atoms with van der Waals surface area (Å²) in [6.45, 7) is 9.39. The summed E-state index contributed by atoms with van der Waals surface area (Å²) >= 11 is 6.57. The van der Waals surface area contributed by atoms with E-state index in [2.05, 4.69) is 14.7 Å². The smallest absolute Gasteiger partial charge is 0.258 e. The van der Waals surface area contributed by atoms with Gasteiger partial charge in [0.15, 0.2) is 0 Å². The van der Waals surface area contributed by atoms with Crippen LogP contribution in [0, 0.1) is 6.57 Å². The summed E-state index contributed by atoms with van der Waals surface area (Å²) in [5.74, 6) is -0.00967. The Morgan fingerprint density at radius 2 is 2.03 bits per heavy atom. The monoisotopic (exact) mass is 446 g/mol. The number of piperidine rings is 1. The van der Waals surface area contributed by atoms with Crippen LogP contribution in [0.2, 0.25) is 5.02 Å². The van der Waals surface area contributed by atoms with Crippen LogP contribution in [-0.4, -0.2) is 52.8 Å². The van der Waals surface area contributed by atoms with Crippen LogP contribution in [0.1, 0.15) is 18.4 Å². The van der Waals surface area contributed by atoms with Crippen LogP contribution in [0.15, 0.2) is 30.6 Å². The van der Waals surface area contributed by atoms with Gasteiger partial charge in [0.1, 0.15) is 6.61 Å². The maximum atomic E-state index is 12.2. The molecular weight excluding hydrogens is 424 g/mol. The Bertz CT molecular complexity index is 1120. The molecule has 30 heavy (non-hydrogen) atoms. The fourth-order valence-corrected chi connectivity index (χ4v) is 5.86. The first-order chi connectivity index (χ1) is 14.3. The third-order valence-electron chi connectivity index (χ3n) is 6.02. The quantitative estimate of drug-likeness (QED) is 0.671. The van der Waals surface area contributed by atoms with Crippen molar-refractivity contribution in [3.05, 3.63) is 52.6 Å². The Kier molecular flexibility index (Phi) is 5.39. The molecule has 2 aliphatic heterocycles. The number of hydrogen-bond donors (Lipinski definition) is 0. The zero-order valence-corrected chi connectivity index (χ0v) is 18.5. The lowest BCUT2D eigenvalue weighted by atomic mass is 9.88. The fraction of sp³-hybridized carbons (Fsp3) is 0.429. The van der Waals surface area contributed by atoms with Crippen molar-refractivity contribution in [3.63, 3.8) is 0 Å². The molecule has 0 aliphatic carbocycles. The number of hydrogen-bond acceptors (Lipinski definition) is 5. The molecule has 7 nitrogen and oxygen atoms in total. The summed E-state index contributed by atoms with van der Waals surface area (Å²) in [4.78, 5) is 10.3. The topological polar surface area (TPSA) is 67.1 Å². The first kappa shape index (κ1) is 20.9. The summed E-state index contributed by atoms with van der Waals surface area (Å²) < 4.78 is 31.1. The molecule has 0 atom stereocenters. The molecule has 3 heterocycles. The predicted molar refractivity (Wildman–Crippen MR) is 118 cm³/mol. The van der Waals surface area contributed by atoms with E-state index in [4.69, 9.17) is 22.9 Å². The van der Waals surface area contributed by atoms with E-state index in [1.807, 2.05) is 18.2 Å². The van der Waals surface area contributed by atoms with E-state index in [1.165, 1.54) is 4.31 Å². The van der Waals surface area contributed by atoms with E-state index < -0.39 is 15.6 Å². The van der Waals surface area contributed by atoms with Crippen molar-refractivity contribution in [3.8, 4) is 11.1 Å². The van der Waals surface area contributed by atoms with E-state index in [0.717, 1.165) is 22.4 Å². The Morgan fingerprint density at radius 3 is 2.70 bits per heavy atom. The highest BCUT2D eigenvalue weighted by atomic mass is 35.5. The number of halogens is 1. The van der Waals surface area contributed by atoms with Gasteiger partial charge in [-0.25, -0.2) is 15.0 Å². The Morgan fingerprint density at radius 1 is 1.30 bits per heavy atom. The van der Waals surface area contributed by atoms with Gasteiger partial charge < -0.3 is 14.5 Å². The van der Waals surface area contributed by atoms with Crippen molar-refractivity contribution >= 4 is 33.0 Å². The van der Waals surface area contributed by atoms with Gasteiger partial charge in [0.05, 0.1) is 22.2 Å². The lowest BCUT2D eigenvalue weighted by Crippen LogP contribution is -2.45. The normalized spacial score (nSPS) is 19.4. The van der Waals surface area contributed by atoms with Crippen LogP contribution < -0.4 is 9.21 Å². The fourth-order valence-electron chi connectivity index (χ4n) is 4.28. The number of benzene rings is 1. The van der Waals surface area contributed by atoms with Crippen LogP contribution in [0.5, 0.6) is 0 Å². The van der Waals surface area contributed by atoms with Gasteiger partial charge in [-0.2, -0.15) is 0 Å².